The molecule has 1 rings (SSSR count). The topological polar surface area (TPSA) is 109 Å². The van der Waals surface area contributed by atoms with Gasteiger partial charge in [-0.3, -0.25) is 4.98 Å². The van der Waals surface area contributed by atoms with Gasteiger partial charge < -0.3 is 28.7 Å². The highest BCUT2D eigenvalue weighted by Gasteiger charge is 2.14. The maximum Gasteiger partial charge on any atom is 0.363 e. The SMILES string of the molecule is O.[Cl-].[NH3+]C(CSCc1ccccn1)C(=O)O. The summed E-state index contributed by atoms with van der Waals surface area (Å²) in [5.41, 5.74) is 4.50. The van der Waals surface area contributed by atoms with E-state index < -0.39 is 12.0 Å². The number of quaternary nitrogens is 1. The van der Waals surface area contributed by atoms with E-state index in [4.69, 9.17) is 5.11 Å². The predicted molar refractivity (Wildman–Crippen MR) is 58.3 cm³/mol. The molecule has 1 unspecified atom stereocenters. The van der Waals surface area contributed by atoms with Crippen molar-refractivity contribution in [2.75, 3.05) is 5.75 Å². The summed E-state index contributed by atoms with van der Waals surface area (Å²) in [6.07, 6.45) is 1.73. The van der Waals surface area contributed by atoms with E-state index in [1.807, 2.05) is 18.2 Å². The van der Waals surface area contributed by atoms with Crippen LogP contribution in [0.15, 0.2) is 24.4 Å². The molecule has 0 aliphatic rings. The van der Waals surface area contributed by atoms with E-state index in [0.717, 1.165) is 11.4 Å². The van der Waals surface area contributed by atoms with Gasteiger partial charge in [-0.05, 0) is 12.1 Å². The van der Waals surface area contributed by atoms with Gasteiger partial charge in [0, 0.05) is 11.9 Å². The first-order valence-corrected chi connectivity index (χ1v) is 5.39. The summed E-state index contributed by atoms with van der Waals surface area (Å²) in [4.78, 5) is 14.6. The fraction of sp³-hybridized carbons (Fsp3) is 0.333. The highest BCUT2D eigenvalue weighted by Crippen LogP contribution is 2.09. The number of nitrogens with zero attached hydrogens (tertiary/aromatic N) is 1. The molecule has 0 aromatic carbocycles. The first-order chi connectivity index (χ1) is 6.70. The van der Waals surface area contributed by atoms with E-state index in [9.17, 15) is 4.79 Å². The fourth-order valence-electron chi connectivity index (χ4n) is 0.861. The van der Waals surface area contributed by atoms with Crippen LogP contribution in [0.4, 0.5) is 0 Å². The Morgan fingerprint density at radius 3 is 2.75 bits per heavy atom. The summed E-state index contributed by atoms with van der Waals surface area (Å²) in [6, 6.07) is 5.16. The van der Waals surface area contributed by atoms with Crippen LogP contribution in [0.3, 0.4) is 0 Å². The summed E-state index contributed by atoms with van der Waals surface area (Å²) in [7, 11) is 0. The van der Waals surface area contributed by atoms with Gasteiger partial charge in [-0.1, -0.05) is 6.07 Å². The summed E-state index contributed by atoms with van der Waals surface area (Å²) >= 11 is 1.54. The average molecular weight is 267 g/mol. The second-order valence-electron chi connectivity index (χ2n) is 2.87. The molecule has 1 aromatic rings. The van der Waals surface area contributed by atoms with Crippen LogP contribution in [0.25, 0.3) is 0 Å². The molecular weight excluding hydrogens is 252 g/mol. The maximum absolute atomic E-state index is 10.5. The molecule has 6 N–H and O–H groups in total. The summed E-state index contributed by atoms with van der Waals surface area (Å²) < 4.78 is 0. The van der Waals surface area contributed by atoms with Crippen molar-refractivity contribution in [2.45, 2.75) is 11.8 Å². The van der Waals surface area contributed by atoms with Crippen LogP contribution in [0, 0.1) is 0 Å². The molecule has 0 radical (unpaired) electrons. The molecule has 0 fully saturated rings. The zero-order valence-electron chi connectivity index (χ0n) is 8.60. The zero-order chi connectivity index (χ0) is 10.4. The van der Waals surface area contributed by atoms with Gasteiger partial charge in [0.2, 0.25) is 0 Å². The molecule has 5 nitrogen and oxygen atoms in total. The van der Waals surface area contributed by atoms with Crippen molar-refractivity contribution < 1.29 is 33.5 Å². The van der Waals surface area contributed by atoms with Gasteiger partial charge in [-0.2, -0.15) is 0 Å². The monoisotopic (exact) mass is 266 g/mol. The number of halogens is 1. The van der Waals surface area contributed by atoms with Gasteiger partial charge in [-0.15, -0.1) is 11.8 Å². The van der Waals surface area contributed by atoms with E-state index in [0.29, 0.717) is 5.75 Å². The summed E-state index contributed by atoms with van der Waals surface area (Å²) in [5, 5.41) is 8.59. The van der Waals surface area contributed by atoms with E-state index in [-0.39, 0.29) is 17.9 Å². The lowest BCUT2D eigenvalue weighted by atomic mass is 10.4. The number of carboxylic acid groups (broad SMARTS) is 1. The van der Waals surface area contributed by atoms with Crippen molar-refractivity contribution >= 4 is 17.7 Å². The molecule has 92 valence electrons. The third kappa shape index (κ3) is 6.62. The van der Waals surface area contributed by atoms with E-state index in [2.05, 4.69) is 10.7 Å². The lowest BCUT2D eigenvalue weighted by Crippen LogP contribution is -3.00. The van der Waals surface area contributed by atoms with Crippen molar-refractivity contribution in [1.29, 1.82) is 0 Å². The molecule has 0 bridgehead atoms. The van der Waals surface area contributed by atoms with Gasteiger partial charge in [0.05, 0.1) is 11.4 Å². The van der Waals surface area contributed by atoms with Crippen LogP contribution in [0.1, 0.15) is 5.69 Å². The first kappa shape index (κ1) is 17.6. The zero-order valence-corrected chi connectivity index (χ0v) is 10.2. The third-order valence-electron chi connectivity index (χ3n) is 1.64. The highest BCUT2D eigenvalue weighted by molar-refractivity contribution is 7.98. The molecule has 1 aromatic heterocycles. The Labute approximate surface area is 104 Å². The molecule has 0 saturated heterocycles. The number of aromatic nitrogens is 1. The minimum Gasteiger partial charge on any atom is -1.00 e. The lowest BCUT2D eigenvalue weighted by molar-refractivity contribution is -0.400. The Morgan fingerprint density at radius 2 is 2.25 bits per heavy atom. The number of carboxylic acids is 1. The smallest absolute Gasteiger partial charge is 0.363 e. The Morgan fingerprint density at radius 1 is 1.56 bits per heavy atom. The standard InChI is InChI=1S/C9H12N2O2S.ClH.H2O/c10-8(9(12)13)6-14-5-7-3-1-2-4-11-7;;/h1-4,8H,5-6,10H2,(H,12,13);1H;1H2. The van der Waals surface area contributed by atoms with Gasteiger partial charge in [-0.25, -0.2) is 4.79 Å². The number of thioether (sulfide) groups is 1. The molecule has 16 heavy (non-hydrogen) atoms. The van der Waals surface area contributed by atoms with E-state index in [1.165, 1.54) is 11.8 Å². The maximum atomic E-state index is 10.5. The molecule has 7 heteroatoms. The van der Waals surface area contributed by atoms with Crippen LogP contribution >= 0.6 is 11.8 Å². The van der Waals surface area contributed by atoms with Crippen LogP contribution in [0.5, 0.6) is 0 Å². The quantitative estimate of drug-likeness (QED) is 0.569. The first-order valence-electron chi connectivity index (χ1n) is 4.23. The largest absolute Gasteiger partial charge is 1.00 e. The van der Waals surface area contributed by atoms with Crippen LogP contribution < -0.4 is 18.1 Å². The summed E-state index contributed by atoms with van der Waals surface area (Å²) in [6.45, 7) is 0. The van der Waals surface area contributed by atoms with E-state index >= 15 is 0 Å². The minimum atomic E-state index is -0.849. The Bertz CT molecular complexity index is 300. The Balaban J connectivity index is 0. The van der Waals surface area contributed by atoms with Crippen LogP contribution in [-0.4, -0.2) is 33.3 Å². The predicted octanol–water partition coefficient (Wildman–Crippen LogP) is -3.81. The number of hydrogen-bond donors (Lipinski definition) is 2. The number of aliphatic carboxylic acids is 1. The third-order valence-corrected chi connectivity index (χ3v) is 2.78. The lowest BCUT2D eigenvalue weighted by Gasteiger charge is -2.02. The van der Waals surface area contributed by atoms with Gasteiger partial charge in [0.15, 0.2) is 6.04 Å². The van der Waals surface area contributed by atoms with Crippen molar-refractivity contribution in [1.82, 2.24) is 4.98 Å². The molecule has 0 spiro atoms. The second-order valence-corrected chi connectivity index (χ2v) is 3.90. The van der Waals surface area contributed by atoms with E-state index in [1.54, 1.807) is 6.20 Å². The van der Waals surface area contributed by atoms with Crippen molar-refractivity contribution in [2.24, 2.45) is 0 Å². The van der Waals surface area contributed by atoms with Crippen molar-refractivity contribution in [3.8, 4) is 0 Å². The van der Waals surface area contributed by atoms with Gasteiger partial charge in [0.25, 0.3) is 0 Å². The average Bonchev–Trinajstić information content (AvgIpc) is 2.19. The molecule has 1 atom stereocenters. The number of pyridine rings is 1. The Hall–Kier alpha value is -0.820. The molecule has 1 heterocycles. The fourth-order valence-corrected chi connectivity index (χ4v) is 1.79. The van der Waals surface area contributed by atoms with Crippen molar-refractivity contribution in [3.05, 3.63) is 30.1 Å². The molecule has 0 aliphatic heterocycles. The van der Waals surface area contributed by atoms with Crippen LogP contribution in [0.2, 0.25) is 0 Å². The molecule has 0 amide bonds. The van der Waals surface area contributed by atoms with Gasteiger partial charge in [0.1, 0.15) is 0 Å². The normalized spacial score (nSPS) is 10.8. The summed E-state index contributed by atoms with van der Waals surface area (Å²) in [5.74, 6) is 0.407. The molecule has 0 aliphatic carbocycles. The second kappa shape index (κ2) is 9.41. The number of carbonyl (C=O) groups is 1. The molecule has 0 saturated carbocycles. The Kier molecular flexibility index (Phi) is 10.3. The highest BCUT2D eigenvalue weighted by atomic mass is 35.5. The molecular formula is C9H15ClN2O3S. The number of rotatable bonds is 5. The van der Waals surface area contributed by atoms with Gasteiger partial charge >= 0.3 is 5.97 Å². The van der Waals surface area contributed by atoms with Crippen molar-refractivity contribution in [3.63, 3.8) is 0 Å². The number of hydrogen-bond acceptors (Lipinski definition) is 3. The minimum absolute atomic E-state index is 0. The van der Waals surface area contributed by atoms with Crippen LogP contribution in [-0.2, 0) is 10.5 Å².